The van der Waals surface area contributed by atoms with Crippen molar-refractivity contribution >= 4 is 17.6 Å². The summed E-state index contributed by atoms with van der Waals surface area (Å²) in [5.41, 5.74) is 0.567. The van der Waals surface area contributed by atoms with Crippen LogP contribution in [0.1, 0.15) is 25.8 Å². The minimum absolute atomic E-state index is 0.628. The summed E-state index contributed by atoms with van der Waals surface area (Å²) in [4.78, 5) is 10.9. The number of carbonyl (C=O) groups is 1. The fourth-order valence-electron chi connectivity index (χ4n) is 1.52. The maximum Gasteiger partial charge on any atom is 0.309 e. The number of hydrogen-bond acceptors (Lipinski definition) is 2. The van der Waals surface area contributed by atoms with E-state index in [9.17, 15) is 4.79 Å². The van der Waals surface area contributed by atoms with Gasteiger partial charge in [0.2, 0.25) is 0 Å². The molecule has 0 saturated heterocycles. The second kappa shape index (κ2) is 6.76. The van der Waals surface area contributed by atoms with Crippen molar-refractivity contribution in [3.05, 3.63) is 34.9 Å². The molecule has 1 rings (SSSR count). The van der Waals surface area contributed by atoms with E-state index in [1.165, 1.54) is 5.56 Å². The predicted molar refractivity (Wildman–Crippen MR) is 74.1 cm³/mol. The molecular formula is C14H20ClNO2. The molecule has 0 radical (unpaired) electrons. The van der Waals surface area contributed by atoms with E-state index in [1.807, 2.05) is 24.3 Å². The number of aliphatic carboxylic acids is 1. The Hall–Kier alpha value is -1.06. The largest absolute Gasteiger partial charge is 0.481 e. The third-order valence-electron chi connectivity index (χ3n) is 3.01. The van der Waals surface area contributed by atoms with Crippen LogP contribution >= 0.6 is 11.6 Å². The highest BCUT2D eigenvalue weighted by molar-refractivity contribution is 6.30. The molecule has 0 aliphatic heterocycles. The smallest absolute Gasteiger partial charge is 0.309 e. The molecule has 0 aliphatic carbocycles. The summed E-state index contributed by atoms with van der Waals surface area (Å²) in [6.07, 6.45) is 1.55. The summed E-state index contributed by atoms with van der Waals surface area (Å²) < 4.78 is 0. The summed E-state index contributed by atoms with van der Waals surface area (Å²) in [5.74, 6) is -0.748. The zero-order valence-electron chi connectivity index (χ0n) is 10.9. The van der Waals surface area contributed by atoms with Gasteiger partial charge in [0.25, 0.3) is 0 Å². The monoisotopic (exact) mass is 269 g/mol. The number of halogens is 1. The van der Waals surface area contributed by atoms with Gasteiger partial charge in [0.15, 0.2) is 0 Å². The highest BCUT2D eigenvalue weighted by Gasteiger charge is 2.25. The van der Waals surface area contributed by atoms with Gasteiger partial charge in [0.1, 0.15) is 0 Å². The number of rotatable bonds is 7. The molecule has 0 unspecified atom stereocenters. The van der Waals surface area contributed by atoms with Crippen LogP contribution in [-0.2, 0) is 11.2 Å². The number of nitrogens with one attached hydrogen (secondary N) is 1. The molecule has 1 aromatic rings. The Morgan fingerprint density at radius 3 is 2.44 bits per heavy atom. The fourth-order valence-corrected chi connectivity index (χ4v) is 1.64. The van der Waals surface area contributed by atoms with E-state index in [0.29, 0.717) is 13.0 Å². The van der Waals surface area contributed by atoms with Gasteiger partial charge in [-0.05, 0) is 57.5 Å². The minimum Gasteiger partial charge on any atom is -0.481 e. The quantitative estimate of drug-likeness (QED) is 0.748. The number of carboxylic acid groups (broad SMARTS) is 1. The Morgan fingerprint density at radius 2 is 1.89 bits per heavy atom. The lowest BCUT2D eigenvalue weighted by Crippen LogP contribution is -2.29. The SMILES string of the molecule is CC(C)(CCNCCc1ccc(Cl)cc1)C(=O)O. The van der Waals surface area contributed by atoms with Crippen molar-refractivity contribution in [3.63, 3.8) is 0 Å². The highest BCUT2D eigenvalue weighted by atomic mass is 35.5. The van der Waals surface area contributed by atoms with Gasteiger partial charge in [-0.15, -0.1) is 0 Å². The predicted octanol–water partition coefficient (Wildman–Crippen LogP) is 2.97. The fraction of sp³-hybridized carbons (Fsp3) is 0.500. The molecule has 0 aromatic heterocycles. The van der Waals surface area contributed by atoms with Gasteiger partial charge >= 0.3 is 5.97 Å². The lowest BCUT2D eigenvalue weighted by atomic mass is 9.90. The molecule has 0 saturated carbocycles. The Bertz CT molecular complexity index is 387. The van der Waals surface area contributed by atoms with Gasteiger partial charge in [0, 0.05) is 5.02 Å². The summed E-state index contributed by atoms with van der Waals surface area (Å²) in [6.45, 7) is 5.05. The van der Waals surface area contributed by atoms with Crippen molar-refractivity contribution in [2.75, 3.05) is 13.1 Å². The lowest BCUT2D eigenvalue weighted by Gasteiger charge is -2.18. The maximum atomic E-state index is 10.9. The molecule has 3 nitrogen and oxygen atoms in total. The molecule has 0 heterocycles. The molecule has 0 amide bonds. The highest BCUT2D eigenvalue weighted by Crippen LogP contribution is 2.19. The van der Waals surface area contributed by atoms with Crippen molar-refractivity contribution in [2.24, 2.45) is 5.41 Å². The van der Waals surface area contributed by atoms with Crippen LogP contribution in [0.15, 0.2) is 24.3 Å². The molecule has 1 aromatic carbocycles. The standard InChI is InChI=1S/C14H20ClNO2/c1-14(2,13(17)18)8-10-16-9-7-11-3-5-12(15)6-4-11/h3-6,16H,7-10H2,1-2H3,(H,17,18). The first-order valence-electron chi connectivity index (χ1n) is 6.10. The van der Waals surface area contributed by atoms with E-state index in [0.717, 1.165) is 18.0 Å². The van der Waals surface area contributed by atoms with Crippen LogP contribution in [0.4, 0.5) is 0 Å². The van der Waals surface area contributed by atoms with Gasteiger partial charge in [0.05, 0.1) is 5.41 Å². The topological polar surface area (TPSA) is 49.3 Å². The van der Waals surface area contributed by atoms with E-state index < -0.39 is 11.4 Å². The van der Waals surface area contributed by atoms with Gasteiger partial charge in [-0.1, -0.05) is 23.7 Å². The van der Waals surface area contributed by atoms with Crippen LogP contribution < -0.4 is 5.32 Å². The van der Waals surface area contributed by atoms with Crippen LogP contribution in [0.25, 0.3) is 0 Å². The summed E-state index contributed by atoms with van der Waals surface area (Å²) >= 11 is 5.80. The molecule has 4 heteroatoms. The van der Waals surface area contributed by atoms with E-state index in [2.05, 4.69) is 5.32 Å². The first-order valence-corrected chi connectivity index (χ1v) is 6.48. The lowest BCUT2D eigenvalue weighted by molar-refractivity contribution is -0.147. The van der Waals surface area contributed by atoms with Crippen molar-refractivity contribution in [2.45, 2.75) is 26.7 Å². The van der Waals surface area contributed by atoms with Crippen LogP contribution in [0, 0.1) is 5.41 Å². The van der Waals surface area contributed by atoms with Crippen LogP contribution in [-0.4, -0.2) is 24.2 Å². The molecule has 0 fully saturated rings. The first kappa shape index (κ1) is 15.0. The first-order chi connectivity index (χ1) is 8.42. The molecular weight excluding hydrogens is 250 g/mol. The van der Waals surface area contributed by atoms with E-state index >= 15 is 0 Å². The normalized spacial score (nSPS) is 11.5. The number of hydrogen-bond donors (Lipinski definition) is 2. The minimum atomic E-state index is -0.748. The van der Waals surface area contributed by atoms with Crippen molar-refractivity contribution in [1.82, 2.24) is 5.32 Å². The Balaban J connectivity index is 2.20. The third kappa shape index (κ3) is 5.07. The summed E-state index contributed by atoms with van der Waals surface area (Å²) in [6, 6.07) is 7.77. The summed E-state index contributed by atoms with van der Waals surface area (Å²) in [5, 5.41) is 13.0. The van der Waals surface area contributed by atoms with Crippen LogP contribution in [0.5, 0.6) is 0 Å². The molecule has 0 atom stereocenters. The van der Waals surface area contributed by atoms with Gasteiger partial charge < -0.3 is 10.4 Å². The molecule has 18 heavy (non-hydrogen) atoms. The average molecular weight is 270 g/mol. The van der Waals surface area contributed by atoms with Gasteiger partial charge in [-0.3, -0.25) is 4.79 Å². The number of benzene rings is 1. The Morgan fingerprint density at radius 1 is 1.28 bits per heavy atom. The zero-order chi connectivity index (χ0) is 13.6. The maximum absolute atomic E-state index is 10.9. The van der Waals surface area contributed by atoms with Crippen molar-refractivity contribution in [1.29, 1.82) is 0 Å². The van der Waals surface area contributed by atoms with Crippen molar-refractivity contribution < 1.29 is 9.90 Å². The second-order valence-electron chi connectivity index (χ2n) is 5.07. The molecule has 2 N–H and O–H groups in total. The third-order valence-corrected chi connectivity index (χ3v) is 3.26. The molecule has 100 valence electrons. The second-order valence-corrected chi connectivity index (χ2v) is 5.50. The van der Waals surface area contributed by atoms with Gasteiger partial charge in [-0.2, -0.15) is 0 Å². The Labute approximate surface area is 113 Å². The average Bonchev–Trinajstić information content (AvgIpc) is 2.31. The molecule has 0 aliphatic rings. The Kier molecular flexibility index (Phi) is 5.63. The zero-order valence-corrected chi connectivity index (χ0v) is 11.6. The van der Waals surface area contributed by atoms with E-state index in [4.69, 9.17) is 16.7 Å². The molecule has 0 spiro atoms. The van der Waals surface area contributed by atoms with E-state index in [1.54, 1.807) is 13.8 Å². The van der Waals surface area contributed by atoms with E-state index in [-0.39, 0.29) is 0 Å². The van der Waals surface area contributed by atoms with Crippen LogP contribution in [0.2, 0.25) is 5.02 Å². The van der Waals surface area contributed by atoms with Gasteiger partial charge in [-0.25, -0.2) is 0 Å². The summed E-state index contributed by atoms with van der Waals surface area (Å²) in [7, 11) is 0. The molecule has 0 bridgehead atoms. The van der Waals surface area contributed by atoms with Crippen LogP contribution in [0.3, 0.4) is 0 Å². The number of carboxylic acids is 1. The van der Waals surface area contributed by atoms with Crippen molar-refractivity contribution in [3.8, 4) is 0 Å².